The zero-order chi connectivity index (χ0) is 13.0. The minimum absolute atomic E-state index is 0.0962. The number of nitro benzene ring substituents is 1. The molecule has 0 saturated heterocycles. The van der Waals surface area contributed by atoms with E-state index in [0.717, 1.165) is 11.8 Å². The molecular formula is C12H15NO4. The van der Waals surface area contributed by atoms with Crippen LogP contribution in [0.3, 0.4) is 0 Å². The third-order valence-electron chi connectivity index (χ3n) is 2.28. The monoisotopic (exact) mass is 237 g/mol. The molecule has 0 aliphatic heterocycles. The first kappa shape index (κ1) is 13.2. The fourth-order valence-corrected chi connectivity index (χ4v) is 1.51. The first-order valence-corrected chi connectivity index (χ1v) is 5.34. The van der Waals surface area contributed by atoms with E-state index in [0.29, 0.717) is 5.56 Å². The molecule has 0 aliphatic rings. The average molecular weight is 237 g/mol. The van der Waals surface area contributed by atoms with Gasteiger partial charge in [0.1, 0.15) is 6.29 Å². The summed E-state index contributed by atoms with van der Waals surface area (Å²) in [7, 11) is 0. The summed E-state index contributed by atoms with van der Waals surface area (Å²) in [6, 6.07) is 3.01. The van der Waals surface area contributed by atoms with Crippen molar-refractivity contribution in [3.8, 4) is 5.75 Å². The first-order chi connectivity index (χ1) is 7.95. The van der Waals surface area contributed by atoms with E-state index < -0.39 is 4.92 Å². The molecule has 0 fully saturated rings. The van der Waals surface area contributed by atoms with Crippen LogP contribution < -0.4 is 4.74 Å². The molecule has 0 heterocycles. The second-order valence-corrected chi connectivity index (χ2v) is 4.04. The first-order valence-electron chi connectivity index (χ1n) is 5.34. The Morgan fingerprint density at radius 3 is 2.59 bits per heavy atom. The zero-order valence-corrected chi connectivity index (χ0v) is 10.1. The Labute approximate surface area is 99.5 Å². The van der Waals surface area contributed by atoms with Gasteiger partial charge in [-0.05, 0) is 38.0 Å². The summed E-state index contributed by atoms with van der Waals surface area (Å²) in [6.07, 6.45) is 0.772. The van der Waals surface area contributed by atoms with Crippen LogP contribution in [0.2, 0.25) is 0 Å². The van der Waals surface area contributed by atoms with Crippen molar-refractivity contribution in [1.82, 2.24) is 0 Å². The number of ether oxygens (including phenoxy) is 1. The maximum Gasteiger partial charge on any atom is 0.311 e. The molecule has 0 bridgehead atoms. The van der Waals surface area contributed by atoms with Crippen LogP contribution in [0.5, 0.6) is 5.75 Å². The van der Waals surface area contributed by atoms with E-state index in [-0.39, 0.29) is 24.0 Å². The van der Waals surface area contributed by atoms with Gasteiger partial charge >= 0.3 is 5.69 Å². The quantitative estimate of drug-likeness (QED) is 0.448. The Kier molecular flexibility index (Phi) is 4.20. The van der Waals surface area contributed by atoms with Crippen LogP contribution in [-0.4, -0.2) is 17.3 Å². The third-order valence-corrected chi connectivity index (χ3v) is 2.28. The standard InChI is InChI=1S/C12H15NO4/c1-8(2)17-12-6-9(3)10(4-5-14)7-11(12)13(15)16/h5-8H,4H2,1-3H3. The van der Waals surface area contributed by atoms with Gasteiger partial charge < -0.3 is 9.53 Å². The lowest BCUT2D eigenvalue weighted by molar-refractivity contribution is -0.386. The summed E-state index contributed by atoms with van der Waals surface area (Å²) in [5, 5.41) is 10.9. The predicted octanol–water partition coefficient (Wildman–Crippen LogP) is 2.43. The van der Waals surface area contributed by atoms with Crippen LogP contribution >= 0.6 is 0 Å². The molecule has 0 unspecified atom stereocenters. The molecule has 0 amide bonds. The molecule has 1 aromatic rings. The van der Waals surface area contributed by atoms with Gasteiger partial charge in [0, 0.05) is 12.5 Å². The third kappa shape index (κ3) is 3.27. The number of carbonyl (C=O) groups is 1. The number of nitro groups is 1. The van der Waals surface area contributed by atoms with Gasteiger partial charge in [0.2, 0.25) is 0 Å². The summed E-state index contributed by atoms with van der Waals surface area (Å²) >= 11 is 0. The molecule has 0 saturated carbocycles. The van der Waals surface area contributed by atoms with E-state index in [1.54, 1.807) is 26.8 Å². The lowest BCUT2D eigenvalue weighted by Gasteiger charge is -2.12. The summed E-state index contributed by atoms with van der Waals surface area (Å²) in [4.78, 5) is 20.9. The van der Waals surface area contributed by atoms with E-state index in [1.807, 2.05) is 0 Å². The van der Waals surface area contributed by atoms with E-state index in [4.69, 9.17) is 4.74 Å². The van der Waals surface area contributed by atoms with Gasteiger partial charge in [-0.25, -0.2) is 0 Å². The number of hydrogen-bond acceptors (Lipinski definition) is 4. The van der Waals surface area contributed by atoms with E-state index >= 15 is 0 Å². The molecule has 0 N–H and O–H groups in total. The highest BCUT2D eigenvalue weighted by atomic mass is 16.6. The van der Waals surface area contributed by atoms with Crippen molar-refractivity contribution in [2.75, 3.05) is 0 Å². The maximum atomic E-state index is 10.9. The van der Waals surface area contributed by atoms with Crippen LogP contribution in [0.25, 0.3) is 0 Å². The van der Waals surface area contributed by atoms with Crippen molar-refractivity contribution in [3.05, 3.63) is 33.4 Å². The molecule has 0 radical (unpaired) electrons. The molecule has 1 rings (SSSR count). The van der Waals surface area contributed by atoms with Crippen LogP contribution in [0, 0.1) is 17.0 Å². The van der Waals surface area contributed by atoms with Crippen LogP contribution in [0.15, 0.2) is 12.1 Å². The molecule has 5 heteroatoms. The Bertz CT molecular complexity index is 440. The smallest absolute Gasteiger partial charge is 0.311 e. The van der Waals surface area contributed by atoms with Gasteiger partial charge in [0.05, 0.1) is 11.0 Å². The van der Waals surface area contributed by atoms with Crippen molar-refractivity contribution in [1.29, 1.82) is 0 Å². The number of aryl methyl sites for hydroxylation is 1. The number of nitrogens with zero attached hydrogens (tertiary/aromatic N) is 1. The Morgan fingerprint density at radius 1 is 1.47 bits per heavy atom. The van der Waals surface area contributed by atoms with E-state index in [9.17, 15) is 14.9 Å². The summed E-state index contributed by atoms with van der Waals surface area (Å²) < 4.78 is 5.39. The number of aldehydes is 1. The van der Waals surface area contributed by atoms with Gasteiger partial charge in [0.15, 0.2) is 5.75 Å². The van der Waals surface area contributed by atoms with Crippen molar-refractivity contribution >= 4 is 12.0 Å². The molecule has 0 spiro atoms. The van der Waals surface area contributed by atoms with Gasteiger partial charge in [-0.3, -0.25) is 10.1 Å². The minimum atomic E-state index is -0.495. The molecular weight excluding hydrogens is 222 g/mol. The van der Waals surface area contributed by atoms with Gasteiger partial charge in [0.25, 0.3) is 0 Å². The van der Waals surface area contributed by atoms with Gasteiger partial charge in [-0.1, -0.05) is 0 Å². The highest BCUT2D eigenvalue weighted by Gasteiger charge is 2.18. The molecule has 0 atom stereocenters. The fourth-order valence-electron chi connectivity index (χ4n) is 1.51. The maximum absolute atomic E-state index is 10.9. The van der Waals surface area contributed by atoms with Crippen LogP contribution in [0.1, 0.15) is 25.0 Å². The highest BCUT2D eigenvalue weighted by Crippen LogP contribution is 2.31. The lowest BCUT2D eigenvalue weighted by Crippen LogP contribution is -2.08. The van der Waals surface area contributed by atoms with Crippen molar-refractivity contribution < 1.29 is 14.5 Å². The minimum Gasteiger partial charge on any atom is -0.484 e. The molecule has 0 aromatic heterocycles. The van der Waals surface area contributed by atoms with Crippen LogP contribution in [-0.2, 0) is 11.2 Å². The van der Waals surface area contributed by atoms with Crippen molar-refractivity contribution in [2.45, 2.75) is 33.3 Å². The number of carbonyl (C=O) groups excluding carboxylic acids is 1. The normalized spacial score (nSPS) is 10.4. The second kappa shape index (κ2) is 5.43. The summed E-state index contributed by atoms with van der Waals surface area (Å²) in [5.41, 5.74) is 1.38. The molecule has 5 nitrogen and oxygen atoms in total. The fraction of sp³-hybridized carbons (Fsp3) is 0.417. The summed E-state index contributed by atoms with van der Waals surface area (Å²) in [6.45, 7) is 5.41. The predicted molar refractivity (Wildman–Crippen MR) is 63.4 cm³/mol. The molecule has 92 valence electrons. The SMILES string of the molecule is Cc1cc(OC(C)C)c([N+](=O)[O-])cc1CC=O. The highest BCUT2D eigenvalue weighted by molar-refractivity contribution is 5.60. The number of rotatable bonds is 5. The topological polar surface area (TPSA) is 69.4 Å². The Morgan fingerprint density at radius 2 is 2.12 bits per heavy atom. The van der Waals surface area contributed by atoms with Gasteiger partial charge in [-0.15, -0.1) is 0 Å². The lowest BCUT2D eigenvalue weighted by atomic mass is 10.0. The van der Waals surface area contributed by atoms with Gasteiger partial charge in [-0.2, -0.15) is 0 Å². The molecule has 0 aliphatic carbocycles. The average Bonchev–Trinajstić information content (AvgIpc) is 2.20. The number of hydrogen-bond donors (Lipinski definition) is 0. The summed E-state index contributed by atoms with van der Waals surface area (Å²) in [5.74, 6) is 0.247. The largest absolute Gasteiger partial charge is 0.484 e. The zero-order valence-electron chi connectivity index (χ0n) is 10.1. The van der Waals surface area contributed by atoms with Crippen molar-refractivity contribution in [3.63, 3.8) is 0 Å². The van der Waals surface area contributed by atoms with Crippen LogP contribution in [0.4, 0.5) is 5.69 Å². The number of benzene rings is 1. The second-order valence-electron chi connectivity index (χ2n) is 4.04. The van der Waals surface area contributed by atoms with Crippen molar-refractivity contribution in [2.24, 2.45) is 0 Å². The van der Waals surface area contributed by atoms with E-state index in [2.05, 4.69) is 0 Å². The molecule has 17 heavy (non-hydrogen) atoms. The van der Waals surface area contributed by atoms with E-state index in [1.165, 1.54) is 6.07 Å². The Hall–Kier alpha value is -1.91. The Balaban J connectivity index is 3.25. The molecule has 1 aromatic carbocycles.